The first-order valence-corrected chi connectivity index (χ1v) is 9.39. The molecule has 2 amide bonds. The number of aromatic amines is 1. The Labute approximate surface area is 166 Å². The van der Waals surface area contributed by atoms with Crippen LogP contribution in [0.25, 0.3) is 0 Å². The normalized spacial score (nSPS) is 14.4. The topological polar surface area (TPSA) is 83.0 Å². The molecule has 3 aromatic rings. The highest BCUT2D eigenvalue weighted by molar-refractivity contribution is 6.30. The van der Waals surface area contributed by atoms with Crippen molar-refractivity contribution in [3.05, 3.63) is 86.6 Å². The van der Waals surface area contributed by atoms with Crippen LogP contribution in [0, 0.1) is 0 Å². The second kappa shape index (κ2) is 7.52. The lowest BCUT2D eigenvalue weighted by Crippen LogP contribution is -2.45. The third kappa shape index (κ3) is 3.66. The number of hydrogen-bond donors (Lipinski definition) is 2. The van der Waals surface area contributed by atoms with Crippen LogP contribution in [0.3, 0.4) is 0 Å². The number of carbonyl (C=O) groups excluding carboxylic acids is 1. The van der Waals surface area contributed by atoms with Crippen molar-refractivity contribution in [2.24, 2.45) is 7.05 Å². The van der Waals surface area contributed by atoms with Gasteiger partial charge in [0.05, 0.1) is 12.2 Å². The second-order valence-electron chi connectivity index (χ2n) is 6.83. The summed E-state index contributed by atoms with van der Waals surface area (Å²) in [6.45, 7) is 0.838. The van der Waals surface area contributed by atoms with E-state index in [1.54, 1.807) is 27.9 Å². The molecule has 1 aromatic carbocycles. The molecule has 4 rings (SSSR count). The van der Waals surface area contributed by atoms with Gasteiger partial charge < -0.3 is 15.2 Å². The Kier molecular flexibility index (Phi) is 4.92. The first kappa shape index (κ1) is 18.3. The molecule has 1 aliphatic rings. The number of urea groups is 1. The SMILES string of the molecule is Cn1ccc(C(NC(=O)N2CCc3cc[nH]c(=O)c3C2)c2ccc(Cl)cc2)n1. The fraction of sp³-hybridized carbons (Fsp3) is 0.250. The van der Waals surface area contributed by atoms with Crippen molar-refractivity contribution >= 4 is 17.6 Å². The van der Waals surface area contributed by atoms with E-state index in [0.717, 1.165) is 16.8 Å². The number of aryl methyl sites for hydroxylation is 1. The Morgan fingerprint density at radius 1 is 1.25 bits per heavy atom. The van der Waals surface area contributed by atoms with Crippen LogP contribution < -0.4 is 10.9 Å². The Hall–Kier alpha value is -3.06. The summed E-state index contributed by atoms with van der Waals surface area (Å²) in [5.41, 5.74) is 3.10. The van der Waals surface area contributed by atoms with Gasteiger partial charge in [0.2, 0.25) is 0 Å². The van der Waals surface area contributed by atoms with Crippen LogP contribution in [0.1, 0.15) is 28.4 Å². The van der Waals surface area contributed by atoms with Gasteiger partial charge in [0.15, 0.2) is 0 Å². The van der Waals surface area contributed by atoms with Crippen molar-refractivity contribution in [3.63, 3.8) is 0 Å². The number of halogens is 1. The molecule has 0 saturated carbocycles. The number of amides is 2. The van der Waals surface area contributed by atoms with E-state index in [0.29, 0.717) is 23.6 Å². The van der Waals surface area contributed by atoms with E-state index >= 15 is 0 Å². The number of nitrogens with zero attached hydrogens (tertiary/aromatic N) is 3. The molecule has 8 heteroatoms. The molecule has 3 heterocycles. The van der Waals surface area contributed by atoms with Crippen LogP contribution >= 0.6 is 11.6 Å². The Balaban J connectivity index is 1.58. The first-order valence-electron chi connectivity index (χ1n) is 9.01. The van der Waals surface area contributed by atoms with Crippen LogP contribution in [-0.4, -0.2) is 32.2 Å². The number of hydrogen-bond acceptors (Lipinski definition) is 3. The van der Waals surface area contributed by atoms with Gasteiger partial charge in [0.25, 0.3) is 5.56 Å². The predicted molar refractivity (Wildman–Crippen MR) is 106 cm³/mol. The monoisotopic (exact) mass is 397 g/mol. The van der Waals surface area contributed by atoms with Gasteiger partial charge in [0.1, 0.15) is 6.04 Å². The molecule has 28 heavy (non-hydrogen) atoms. The van der Waals surface area contributed by atoms with E-state index in [4.69, 9.17) is 11.6 Å². The highest BCUT2D eigenvalue weighted by atomic mass is 35.5. The molecule has 1 unspecified atom stereocenters. The Morgan fingerprint density at radius 3 is 2.75 bits per heavy atom. The molecule has 0 radical (unpaired) electrons. The molecule has 144 valence electrons. The number of rotatable bonds is 3. The minimum Gasteiger partial charge on any atom is -0.329 e. The number of benzene rings is 1. The van der Waals surface area contributed by atoms with Crippen molar-refractivity contribution < 1.29 is 4.79 Å². The van der Waals surface area contributed by atoms with Crippen LogP contribution in [0.4, 0.5) is 4.79 Å². The summed E-state index contributed by atoms with van der Waals surface area (Å²) < 4.78 is 1.70. The summed E-state index contributed by atoms with van der Waals surface area (Å²) in [6.07, 6.45) is 4.14. The Bertz CT molecular complexity index is 1060. The van der Waals surface area contributed by atoms with Gasteiger partial charge in [-0.3, -0.25) is 9.48 Å². The van der Waals surface area contributed by atoms with Gasteiger partial charge in [-0.1, -0.05) is 23.7 Å². The molecular weight excluding hydrogens is 378 g/mol. The quantitative estimate of drug-likeness (QED) is 0.712. The van der Waals surface area contributed by atoms with Crippen LogP contribution in [0.5, 0.6) is 0 Å². The lowest BCUT2D eigenvalue weighted by atomic mass is 10.0. The zero-order valence-corrected chi connectivity index (χ0v) is 16.1. The zero-order chi connectivity index (χ0) is 19.7. The third-order valence-electron chi connectivity index (χ3n) is 4.95. The molecule has 0 saturated heterocycles. The average Bonchev–Trinajstić information content (AvgIpc) is 3.13. The highest BCUT2D eigenvalue weighted by Crippen LogP contribution is 2.23. The summed E-state index contributed by atoms with van der Waals surface area (Å²) in [6, 6.07) is 10.4. The van der Waals surface area contributed by atoms with Crippen molar-refractivity contribution in [1.29, 1.82) is 0 Å². The molecule has 0 bridgehead atoms. The number of fused-ring (bicyclic) bond motifs is 1. The summed E-state index contributed by atoms with van der Waals surface area (Å²) >= 11 is 6.01. The maximum atomic E-state index is 13.0. The lowest BCUT2D eigenvalue weighted by molar-refractivity contribution is 0.189. The zero-order valence-electron chi connectivity index (χ0n) is 15.4. The fourth-order valence-corrected chi connectivity index (χ4v) is 3.57. The number of H-pyrrole nitrogens is 1. The molecule has 2 N–H and O–H groups in total. The summed E-state index contributed by atoms with van der Waals surface area (Å²) in [4.78, 5) is 29.4. The Morgan fingerprint density at radius 2 is 2.04 bits per heavy atom. The third-order valence-corrected chi connectivity index (χ3v) is 5.20. The van der Waals surface area contributed by atoms with Gasteiger partial charge in [-0.25, -0.2) is 4.79 Å². The van der Waals surface area contributed by atoms with Crippen molar-refractivity contribution in [3.8, 4) is 0 Å². The molecule has 0 spiro atoms. The molecule has 1 atom stereocenters. The second-order valence-corrected chi connectivity index (χ2v) is 7.27. The van der Waals surface area contributed by atoms with E-state index < -0.39 is 6.04 Å². The van der Waals surface area contributed by atoms with Gasteiger partial charge in [-0.05, 0) is 41.8 Å². The van der Waals surface area contributed by atoms with Gasteiger partial charge in [-0.2, -0.15) is 5.10 Å². The van der Waals surface area contributed by atoms with E-state index in [1.165, 1.54) is 0 Å². The minimum atomic E-state index is -0.415. The molecule has 7 nitrogen and oxygen atoms in total. The lowest BCUT2D eigenvalue weighted by Gasteiger charge is -2.30. The number of pyridine rings is 1. The maximum absolute atomic E-state index is 13.0. The van der Waals surface area contributed by atoms with Crippen LogP contribution in [0.15, 0.2) is 53.6 Å². The highest BCUT2D eigenvalue weighted by Gasteiger charge is 2.26. The van der Waals surface area contributed by atoms with E-state index in [9.17, 15) is 9.59 Å². The smallest absolute Gasteiger partial charge is 0.318 e. The molecule has 0 fully saturated rings. The molecule has 2 aromatic heterocycles. The first-order chi connectivity index (χ1) is 13.5. The van der Waals surface area contributed by atoms with Crippen molar-refractivity contribution in [1.82, 2.24) is 25.0 Å². The summed E-state index contributed by atoms with van der Waals surface area (Å²) in [7, 11) is 1.83. The predicted octanol–water partition coefficient (Wildman–Crippen LogP) is 2.62. The summed E-state index contributed by atoms with van der Waals surface area (Å²) in [5, 5.41) is 8.14. The fourth-order valence-electron chi connectivity index (χ4n) is 3.44. The van der Waals surface area contributed by atoms with Gasteiger partial charge in [0, 0.05) is 36.6 Å². The molecule has 0 aliphatic carbocycles. The van der Waals surface area contributed by atoms with Crippen molar-refractivity contribution in [2.45, 2.75) is 19.0 Å². The summed E-state index contributed by atoms with van der Waals surface area (Å²) in [5.74, 6) is 0. The number of nitrogens with one attached hydrogen (secondary N) is 2. The minimum absolute atomic E-state index is 0.144. The largest absolute Gasteiger partial charge is 0.329 e. The van der Waals surface area contributed by atoms with E-state index in [2.05, 4.69) is 15.4 Å². The molecular formula is C20H20ClN5O2. The molecule has 1 aliphatic heterocycles. The standard InChI is InChI=1S/C20H20ClN5O2/c1-25-10-8-17(24-25)18(14-2-4-15(21)5-3-14)23-20(28)26-11-7-13-6-9-22-19(27)16(13)12-26/h2-6,8-10,18H,7,11-12H2,1H3,(H,22,27)(H,23,28). The van der Waals surface area contributed by atoms with E-state index in [-0.39, 0.29) is 18.1 Å². The number of aromatic nitrogens is 3. The van der Waals surface area contributed by atoms with Gasteiger partial charge in [-0.15, -0.1) is 0 Å². The number of carbonyl (C=O) groups is 1. The van der Waals surface area contributed by atoms with Gasteiger partial charge >= 0.3 is 6.03 Å². The van der Waals surface area contributed by atoms with Crippen molar-refractivity contribution in [2.75, 3.05) is 6.54 Å². The van der Waals surface area contributed by atoms with E-state index in [1.807, 2.05) is 37.5 Å². The maximum Gasteiger partial charge on any atom is 0.318 e. The van der Waals surface area contributed by atoms with Crippen LogP contribution in [0.2, 0.25) is 5.02 Å². The average molecular weight is 398 g/mol. The van der Waals surface area contributed by atoms with Crippen LogP contribution in [-0.2, 0) is 20.0 Å².